The van der Waals surface area contributed by atoms with E-state index in [1.54, 1.807) is 0 Å². The Morgan fingerprint density at radius 1 is 1.79 bits per heavy atom. The Labute approximate surface area is 95.0 Å². The molecule has 0 aromatic carbocycles. The fourth-order valence-electron chi connectivity index (χ4n) is 0.837. The zero-order valence-electron chi connectivity index (χ0n) is 7.37. The van der Waals surface area contributed by atoms with Gasteiger partial charge in [-0.1, -0.05) is 0 Å². The predicted molar refractivity (Wildman–Crippen MR) is 55.4 cm³/mol. The third-order valence-corrected chi connectivity index (χ3v) is 2.40. The molecule has 1 heterocycles. The van der Waals surface area contributed by atoms with Gasteiger partial charge in [0, 0.05) is 12.1 Å². The summed E-state index contributed by atoms with van der Waals surface area (Å²) in [6.45, 7) is 0. The second-order valence-corrected chi connectivity index (χ2v) is 3.58. The Morgan fingerprint density at radius 2 is 2.50 bits per heavy atom. The van der Waals surface area contributed by atoms with E-state index in [4.69, 9.17) is 21.6 Å². The van der Waals surface area contributed by atoms with E-state index in [-0.39, 0.29) is 5.88 Å². The molecule has 0 fully saturated rings. The Morgan fingerprint density at radius 3 is 3.00 bits per heavy atom. The fraction of sp³-hybridized carbons (Fsp3) is 0.375. The van der Waals surface area contributed by atoms with Crippen molar-refractivity contribution in [1.82, 2.24) is 9.97 Å². The largest absolute Gasteiger partial charge is 0.480 e. The lowest BCUT2D eigenvalue weighted by atomic mass is 10.2. The van der Waals surface area contributed by atoms with E-state index in [2.05, 4.69) is 25.9 Å². The number of methoxy groups -OCH3 is 1. The van der Waals surface area contributed by atoms with Crippen molar-refractivity contribution in [2.45, 2.75) is 5.92 Å². The number of hydrogen-bond acceptors (Lipinski definition) is 4. The number of hydrogen-bond donors (Lipinski definition) is 0. The summed E-state index contributed by atoms with van der Waals surface area (Å²) in [6.07, 6.45) is 1.54. The first-order valence-electron chi connectivity index (χ1n) is 3.75. The van der Waals surface area contributed by atoms with Gasteiger partial charge < -0.3 is 4.74 Å². The SMILES string of the molecule is COc1nc(C(C#N)CCl)ncc1Br. The zero-order valence-corrected chi connectivity index (χ0v) is 9.71. The molecule has 0 spiro atoms. The monoisotopic (exact) mass is 275 g/mol. The molecule has 4 nitrogen and oxygen atoms in total. The van der Waals surface area contributed by atoms with Crippen molar-refractivity contribution in [2.24, 2.45) is 0 Å². The summed E-state index contributed by atoms with van der Waals surface area (Å²) in [5, 5.41) is 8.75. The Hall–Kier alpha value is -0.860. The van der Waals surface area contributed by atoms with Gasteiger partial charge in [-0.25, -0.2) is 4.98 Å². The van der Waals surface area contributed by atoms with Gasteiger partial charge in [0.05, 0.1) is 17.7 Å². The smallest absolute Gasteiger partial charge is 0.231 e. The van der Waals surface area contributed by atoms with E-state index >= 15 is 0 Å². The van der Waals surface area contributed by atoms with Crippen molar-refractivity contribution in [2.75, 3.05) is 13.0 Å². The van der Waals surface area contributed by atoms with Crippen molar-refractivity contribution >= 4 is 27.5 Å². The first-order valence-corrected chi connectivity index (χ1v) is 5.07. The second-order valence-electron chi connectivity index (χ2n) is 2.42. The molecule has 6 heteroatoms. The maximum absolute atomic E-state index is 8.75. The average molecular weight is 277 g/mol. The molecule has 1 atom stereocenters. The van der Waals surface area contributed by atoms with Gasteiger partial charge in [0.1, 0.15) is 5.92 Å². The Balaban J connectivity index is 3.06. The first kappa shape index (κ1) is 11.2. The standard InChI is InChI=1S/C8H7BrClN3O/c1-14-8-6(9)4-12-7(13-8)5(2-10)3-11/h4-5H,2H2,1H3. The van der Waals surface area contributed by atoms with Crippen LogP contribution in [0.5, 0.6) is 5.88 Å². The molecule has 14 heavy (non-hydrogen) atoms. The van der Waals surface area contributed by atoms with Crippen LogP contribution in [-0.4, -0.2) is 23.0 Å². The third-order valence-electron chi connectivity index (χ3n) is 1.55. The minimum atomic E-state index is -0.501. The number of halogens is 2. The molecule has 0 aliphatic rings. The van der Waals surface area contributed by atoms with E-state index in [0.717, 1.165) is 0 Å². The highest BCUT2D eigenvalue weighted by Gasteiger charge is 2.14. The summed E-state index contributed by atoms with van der Waals surface area (Å²) >= 11 is 8.80. The van der Waals surface area contributed by atoms with Crippen LogP contribution in [0.3, 0.4) is 0 Å². The van der Waals surface area contributed by atoms with Crippen LogP contribution in [-0.2, 0) is 0 Å². The summed E-state index contributed by atoms with van der Waals surface area (Å²) in [5.41, 5.74) is 0. The van der Waals surface area contributed by atoms with Gasteiger partial charge in [0.25, 0.3) is 0 Å². The van der Waals surface area contributed by atoms with Crippen LogP contribution in [0.2, 0.25) is 0 Å². The van der Waals surface area contributed by atoms with Crippen molar-refractivity contribution in [1.29, 1.82) is 5.26 Å². The molecular weight excluding hydrogens is 269 g/mol. The van der Waals surface area contributed by atoms with Crippen LogP contribution >= 0.6 is 27.5 Å². The second kappa shape index (κ2) is 5.13. The topological polar surface area (TPSA) is 58.8 Å². The lowest BCUT2D eigenvalue weighted by Crippen LogP contribution is -2.05. The van der Waals surface area contributed by atoms with Crippen LogP contribution < -0.4 is 4.74 Å². The molecule has 0 radical (unpaired) electrons. The van der Waals surface area contributed by atoms with Crippen molar-refractivity contribution in [3.8, 4) is 11.9 Å². The molecule has 0 N–H and O–H groups in total. The van der Waals surface area contributed by atoms with Gasteiger partial charge in [-0.15, -0.1) is 11.6 Å². The normalized spacial score (nSPS) is 11.9. The molecule has 1 aromatic heterocycles. The minimum Gasteiger partial charge on any atom is -0.480 e. The molecular formula is C8H7BrClN3O. The molecule has 74 valence electrons. The predicted octanol–water partition coefficient (Wildman–Crippen LogP) is 2.09. The Kier molecular flexibility index (Phi) is 4.11. The summed E-state index contributed by atoms with van der Waals surface area (Å²) in [4.78, 5) is 8.03. The lowest BCUT2D eigenvalue weighted by molar-refractivity contribution is 0.391. The van der Waals surface area contributed by atoms with Crippen molar-refractivity contribution in [3.05, 3.63) is 16.5 Å². The van der Waals surface area contributed by atoms with Crippen molar-refractivity contribution < 1.29 is 4.74 Å². The third kappa shape index (κ3) is 2.34. The van der Waals surface area contributed by atoms with E-state index < -0.39 is 5.92 Å². The number of nitrogens with zero attached hydrogens (tertiary/aromatic N) is 3. The van der Waals surface area contributed by atoms with E-state index in [1.807, 2.05) is 6.07 Å². The van der Waals surface area contributed by atoms with Gasteiger partial charge in [-0.3, -0.25) is 0 Å². The number of alkyl halides is 1. The maximum Gasteiger partial charge on any atom is 0.231 e. The maximum atomic E-state index is 8.75. The van der Waals surface area contributed by atoms with Crippen LogP contribution in [0.15, 0.2) is 10.7 Å². The highest BCUT2D eigenvalue weighted by molar-refractivity contribution is 9.10. The van der Waals surface area contributed by atoms with E-state index in [9.17, 15) is 0 Å². The highest BCUT2D eigenvalue weighted by atomic mass is 79.9. The molecule has 0 aliphatic heterocycles. The van der Waals surface area contributed by atoms with E-state index in [0.29, 0.717) is 16.2 Å². The Bertz CT molecular complexity index is 366. The van der Waals surface area contributed by atoms with Gasteiger partial charge in [0.15, 0.2) is 5.82 Å². The summed E-state index contributed by atoms with van der Waals surface area (Å²) in [5.74, 6) is 0.447. The molecule has 0 amide bonds. The molecule has 0 bridgehead atoms. The highest BCUT2D eigenvalue weighted by Crippen LogP contribution is 2.23. The van der Waals surface area contributed by atoms with Crippen molar-refractivity contribution in [3.63, 3.8) is 0 Å². The number of aromatic nitrogens is 2. The van der Waals surface area contributed by atoms with Gasteiger partial charge in [0.2, 0.25) is 5.88 Å². The molecule has 0 aliphatic carbocycles. The molecule has 0 saturated heterocycles. The number of ether oxygens (including phenoxy) is 1. The molecule has 0 saturated carbocycles. The quantitative estimate of drug-likeness (QED) is 0.793. The van der Waals surface area contributed by atoms with Gasteiger partial charge in [-0.05, 0) is 15.9 Å². The van der Waals surface area contributed by atoms with Gasteiger partial charge in [-0.2, -0.15) is 10.2 Å². The molecule has 1 aromatic rings. The summed E-state index contributed by atoms with van der Waals surface area (Å²) in [7, 11) is 1.50. The average Bonchev–Trinajstić information content (AvgIpc) is 2.22. The van der Waals surface area contributed by atoms with Crippen LogP contribution in [0.25, 0.3) is 0 Å². The number of rotatable bonds is 3. The van der Waals surface area contributed by atoms with Crippen LogP contribution in [0.1, 0.15) is 11.7 Å². The lowest BCUT2D eigenvalue weighted by Gasteiger charge is -2.06. The van der Waals surface area contributed by atoms with Gasteiger partial charge >= 0.3 is 0 Å². The van der Waals surface area contributed by atoms with E-state index in [1.165, 1.54) is 13.3 Å². The van der Waals surface area contributed by atoms with Crippen LogP contribution in [0.4, 0.5) is 0 Å². The number of nitriles is 1. The first-order chi connectivity index (χ1) is 6.72. The fourth-order valence-corrected chi connectivity index (χ4v) is 1.40. The zero-order chi connectivity index (χ0) is 10.6. The van der Waals surface area contributed by atoms with Crippen LogP contribution in [0, 0.1) is 11.3 Å². The minimum absolute atomic E-state index is 0.168. The summed E-state index contributed by atoms with van der Waals surface area (Å²) in [6, 6.07) is 2.01. The summed E-state index contributed by atoms with van der Waals surface area (Å²) < 4.78 is 5.62. The molecule has 1 rings (SSSR count). The molecule has 1 unspecified atom stereocenters.